The maximum absolute atomic E-state index is 13.5. The van der Waals surface area contributed by atoms with Crippen molar-refractivity contribution in [2.45, 2.75) is 38.4 Å². The van der Waals surface area contributed by atoms with Gasteiger partial charge in [-0.3, -0.25) is 19.3 Å². The van der Waals surface area contributed by atoms with Crippen molar-refractivity contribution < 1.29 is 18.8 Å². The van der Waals surface area contributed by atoms with Crippen LogP contribution in [0.15, 0.2) is 36.4 Å². The lowest BCUT2D eigenvalue weighted by atomic mass is 9.94. The molecule has 0 spiro atoms. The Bertz CT molecular complexity index is 1120. The third-order valence-corrected chi connectivity index (χ3v) is 7.00. The Kier molecular flexibility index (Phi) is 6.91. The SMILES string of the molecule is CNC(=O)C(=O)C1CNc2cc(Cl)c(C(=O)N3C[C@H](C)N(Cc4ccc(F)cc4)C[C@H]3C)cc21. The number of Topliss-reactive ketones (excluding diaryl/α,β-unsaturated/α-hetero) is 1. The van der Waals surface area contributed by atoms with Crippen LogP contribution in [0.4, 0.5) is 10.1 Å². The number of nitrogens with zero attached hydrogens (tertiary/aromatic N) is 2. The number of hydrogen-bond acceptors (Lipinski definition) is 5. The van der Waals surface area contributed by atoms with Crippen LogP contribution in [0.25, 0.3) is 0 Å². The van der Waals surface area contributed by atoms with Crippen LogP contribution in [-0.2, 0) is 16.1 Å². The number of hydrogen-bond donors (Lipinski definition) is 2. The average Bonchev–Trinajstić information content (AvgIpc) is 3.23. The lowest BCUT2D eigenvalue weighted by molar-refractivity contribution is -0.138. The first-order chi connectivity index (χ1) is 16.2. The van der Waals surface area contributed by atoms with Crippen molar-refractivity contribution in [3.8, 4) is 0 Å². The maximum Gasteiger partial charge on any atom is 0.287 e. The second kappa shape index (κ2) is 9.72. The molecule has 1 fully saturated rings. The predicted molar refractivity (Wildman–Crippen MR) is 129 cm³/mol. The number of nitrogens with one attached hydrogen (secondary N) is 2. The lowest BCUT2D eigenvalue weighted by Gasteiger charge is -2.44. The largest absolute Gasteiger partial charge is 0.384 e. The minimum absolute atomic E-state index is 0.0742. The molecule has 2 aliphatic heterocycles. The fraction of sp³-hybridized carbons (Fsp3) is 0.400. The van der Waals surface area contributed by atoms with Gasteiger partial charge >= 0.3 is 0 Å². The molecule has 2 aromatic rings. The molecule has 2 heterocycles. The molecule has 0 radical (unpaired) electrons. The van der Waals surface area contributed by atoms with E-state index < -0.39 is 17.6 Å². The van der Waals surface area contributed by atoms with E-state index in [1.807, 2.05) is 6.92 Å². The van der Waals surface area contributed by atoms with Crippen LogP contribution in [0.1, 0.15) is 41.3 Å². The quantitative estimate of drug-likeness (QED) is 0.635. The molecule has 1 saturated heterocycles. The summed E-state index contributed by atoms with van der Waals surface area (Å²) < 4.78 is 13.2. The molecular weight excluding hydrogens is 459 g/mol. The Morgan fingerprint density at radius 3 is 2.50 bits per heavy atom. The van der Waals surface area contributed by atoms with Gasteiger partial charge in [0, 0.05) is 51.0 Å². The molecule has 180 valence electrons. The van der Waals surface area contributed by atoms with Crippen LogP contribution in [0.5, 0.6) is 0 Å². The summed E-state index contributed by atoms with van der Waals surface area (Å²) in [6.45, 7) is 6.16. The zero-order valence-electron chi connectivity index (χ0n) is 19.4. The summed E-state index contributed by atoms with van der Waals surface area (Å²) in [5.74, 6) is -2.34. The molecule has 3 atom stereocenters. The van der Waals surface area contributed by atoms with E-state index in [2.05, 4.69) is 22.5 Å². The Labute approximate surface area is 203 Å². The zero-order valence-corrected chi connectivity index (χ0v) is 20.2. The molecule has 2 N–H and O–H groups in total. The van der Waals surface area contributed by atoms with Gasteiger partial charge in [0.1, 0.15) is 5.82 Å². The van der Waals surface area contributed by atoms with Gasteiger partial charge in [-0.25, -0.2) is 4.39 Å². The van der Waals surface area contributed by atoms with Crippen LogP contribution in [0.3, 0.4) is 0 Å². The molecule has 9 heteroatoms. The molecule has 4 rings (SSSR count). The van der Waals surface area contributed by atoms with Gasteiger partial charge in [0.15, 0.2) is 0 Å². The van der Waals surface area contributed by atoms with Crippen LogP contribution in [-0.4, -0.2) is 66.2 Å². The van der Waals surface area contributed by atoms with Crippen molar-refractivity contribution in [3.05, 3.63) is 63.9 Å². The summed E-state index contributed by atoms with van der Waals surface area (Å²) in [7, 11) is 1.42. The molecule has 2 aromatic carbocycles. The summed E-state index contributed by atoms with van der Waals surface area (Å²) in [4.78, 5) is 42.0. The normalized spacial score (nSPS) is 22.1. The summed E-state index contributed by atoms with van der Waals surface area (Å²) in [5.41, 5.74) is 2.61. The third-order valence-electron chi connectivity index (χ3n) is 6.68. The number of anilines is 1. The highest BCUT2D eigenvalue weighted by molar-refractivity contribution is 6.39. The first kappa shape index (κ1) is 24.2. The number of likely N-dealkylation sites (N-methyl/N-ethyl adjacent to an activating group) is 1. The number of benzene rings is 2. The van der Waals surface area contributed by atoms with E-state index in [0.29, 0.717) is 41.5 Å². The van der Waals surface area contributed by atoms with Crippen LogP contribution in [0.2, 0.25) is 5.02 Å². The average molecular weight is 487 g/mol. The first-order valence-electron chi connectivity index (χ1n) is 11.3. The third kappa shape index (κ3) is 4.65. The molecule has 1 unspecified atom stereocenters. The number of piperazine rings is 1. The molecule has 2 aliphatic rings. The lowest BCUT2D eigenvalue weighted by Crippen LogP contribution is -2.57. The van der Waals surface area contributed by atoms with E-state index >= 15 is 0 Å². The number of amides is 2. The number of fused-ring (bicyclic) bond motifs is 1. The smallest absolute Gasteiger partial charge is 0.287 e. The molecule has 2 amide bonds. The van der Waals surface area contributed by atoms with Crippen molar-refractivity contribution >= 4 is 34.9 Å². The summed E-state index contributed by atoms with van der Waals surface area (Å²) in [6.07, 6.45) is 0. The standard InChI is InChI=1S/C25H28ClFN4O3/c1-14-12-31(15(2)11-30(14)13-16-4-6-17(27)7-5-16)25(34)19-8-18-20(23(32)24(33)28-3)10-29-22(18)9-21(19)26/h4-9,14-15,20,29H,10-13H2,1-3H3,(H,28,33)/t14-,15+,20?/m0/s1. The zero-order chi connectivity index (χ0) is 24.6. The van der Waals surface area contributed by atoms with Gasteiger partial charge in [-0.15, -0.1) is 0 Å². The van der Waals surface area contributed by atoms with Gasteiger partial charge in [-0.1, -0.05) is 23.7 Å². The summed E-state index contributed by atoms with van der Waals surface area (Å²) in [5, 5.41) is 5.78. The Morgan fingerprint density at radius 2 is 1.82 bits per heavy atom. The fourth-order valence-corrected chi connectivity index (χ4v) is 4.96. The molecule has 0 aliphatic carbocycles. The second-order valence-electron chi connectivity index (χ2n) is 9.01. The molecule has 34 heavy (non-hydrogen) atoms. The highest BCUT2D eigenvalue weighted by Crippen LogP contribution is 2.37. The molecular formula is C25H28ClFN4O3. The van der Waals surface area contributed by atoms with Crippen molar-refractivity contribution in [2.24, 2.45) is 0 Å². The monoisotopic (exact) mass is 486 g/mol. The molecule has 0 aromatic heterocycles. The Morgan fingerprint density at radius 1 is 1.12 bits per heavy atom. The second-order valence-corrected chi connectivity index (χ2v) is 9.41. The van der Waals surface area contributed by atoms with Crippen LogP contribution in [0, 0.1) is 5.82 Å². The van der Waals surface area contributed by atoms with Gasteiger partial charge in [-0.05, 0) is 49.2 Å². The summed E-state index contributed by atoms with van der Waals surface area (Å²) >= 11 is 6.48. The van der Waals surface area contributed by atoms with E-state index in [1.54, 1.807) is 29.2 Å². The van der Waals surface area contributed by atoms with E-state index in [1.165, 1.54) is 19.2 Å². The van der Waals surface area contributed by atoms with Crippen molar-refractivity contribution in [1.82, 2.24) is 15.1 Å². The Hall–Kier alpha value is -2.97. The molecule has 7 nitrogen and oxygen atoms in total. The van der Waals surface area contributed by atoms with Crippen molar-refractivity contribution in [1.29, 1.82) is 0 Å². The highest BCUT2D eigenvalue weighted by atomic mass is 35.5. The van der Waals surface area contributed by atoms with E-state index in [0.717, 1.165) is 5.56 Å². The van der Waals surface area contributed by atoms with Gasteiger partial charge in [0.2, 0.25) is 5.78 Å². The summed E-state index contributed by atoms with van der Waals surface area (Å²) in [6, 6.07) is 9.77. The Balaban J connectivity index is 1.52. The van der Waals surface area contributed by atoms with Gasteiger partial charge < -0.3 is 15.5 Å². The number of ketones is 1. The highest BCUT2D eigenvalue weighted by Gasteiger charge is 2.36. The van der Waals surface area contributed by atoms with E-state index in [-0.39, 0.29) is 30.4 Å². The number of carbonyl (C=O) groups excluding carboxylic acids is 3. The molecule has 0 saturated carbocycles. The topological polar surface area (TPSA) is 81.8 Å². The van der Waals surface area contributed by atoms with E-state index in [4.69, 9.17) is 11.6 Å². The van der Waals surface area contributed by atoms with Gasteiger partial charge in [0.05, 0.1) is 16.5 Å². The predicted octanol–water partition coefficient (Wildman–Crippen LogP) is 3.04. The van der Waals surface area contributed by atoms with Gasteiger partial charge in [0.25, 0.3) is 11.8 Å². The minimum atomic E-state index is -0.665. The minimum Gasteiger partial charge on any atom is -0.384 e. The number of carbonyl (C=O) groups is 3. The van der Waals surface area contributed by atoms with E-state index in [9.17, 15) is 18.8 Å². The fourth-order valence-electron chi connectivity index (χ4n) is 4.71. The van der Waals surface area contributed by atoms with Crippen molar-refractivity contribution in [2.75, 3.05) is 32.0 Å². The van der Waals surface area contributed by atoms with Crippen LogP contribution < -0.4 is 10.6 Å². The van der Waals surface area contributed by atoms with Gasteiger partial charge in [-0.2, -0.15) is 0 Å². The molecule has 0 bridgehead atoms. The first-order valence-corrected chi connectivity index (χ1v) is 11.7. The van der Waals surface area contributed by atoms with Crippen LogP contribution >= 0.6 is 11.6 Å². The van der Waals surface area contributed by atoms with Crippen molar-refractivity contribution in [3.63, 3.8) is 0 Å². The number of halogens is 2. The number of rotatable bonds is 5. The maximum atomic E-state index is 13.5.